The summed E-state index contributed by atoms with van der Waals surface area (Å²) < 4.78 is 12.4. The Morgan fingerprint density at radius 2 is 1.14 bits per heavy atom. The molecule has 11 heteroatoms. The van der Waals surface area contributed by atoms with Crippen molar-refractivity contribution in [3.63, 3.8) is 0 Å². The fourth-order valence-corrected chi connectivity index (χ4v) is 2.74. The molecule has 0 fully saturated rings. The van der Waals surface area contributed by atoms with Crippen LogP contribution < -0.4 is 11.1 Å². The van der Waals surface area contributed by atoms with E-state index < -0.39 is 21.4 Å². The summed E-state index contributed by atoms with van der Waals surface area (Å²) in [6.45, 7) is 0. The number of halogens is 3. The summed E-state index contributed by atoms with van der Waals surface area (Å²) in [4.78, 5) is 19.6. The van der Waals surface area contributed by atoms with Crippen LogP contribution in [0, 0.1) is 26.0 Å². The molecule has 8 nitrogen and oxygen atoms in total. The number of nitrogens with one attached hydrogen (secondary N) is 1. The summed E-state index contributed by atoms with van der Waals surface area (Å²) in [5, 5.41) is 25.1. The molecule has 0 saturated heterocycles. The molecule has 188 valence electrons. The number of nitrogens with zero attached hydrogens (tertiary/aromatic N) is 2. The lowest BCUT2D eigenvalue weighted by atomic mass is 10.2. The molecular formula is C25H23Cl2FN4O4. The molecular weight excluding hydrogens is 510 g/mol. The van der Waals surface area contributed by atoms with Gasteiger partial charge in [0.25, 0.3) is 5.69 Å². The number of rotatable bonds is 4. The minimum Gasteiger partial charge on any atom is -0.399 e. The van der Waals surface area contributed by atoms with Crippen molar-refractivity contribution in [1.82, 2.24) is 0 Å². The predicted octanol–water partition coefficient (Wildman–Crippen LogP) is 8.28. The van der Waals surface area contributed by atoms with Crippen LogP contribution in [0.1, 0.15) is 7.43 Å². The molecule has 0 spiro atoms. The zero-order valence-corrected chi connectivity index (χ0v) is 19.5. The fourth-order valence-electron chi connectivity index (χ4n) is 2.49. The quantitative estimate of drug-likeness (QED) is 0.155. The van der Waals surface area contributed by atoms with Gasteiger partial charge in [-0.2, -0.15) is 4.39 Å². The number of nitrogen functional groups attached to an aromatic ring is 1. The van der Waals surface area contributed by atoms with Crippen molar-refractivity contribution < 1.29 is 14.2 Å². The number of hydrogen-bond acceptors (Lipinski definition) is 6. The fraction of sp³-hybridized carbons (Fsp3) is 0.0400. The highest BCUT2D eigenvalue weighted by atomic mass is 35.5. The largest absolute Gasteiger partial charge is 0.399 e. The Hall–Kier alpha value is -4.21. The van der Waals surface area contributed by atoms with Crippen molar-refractivity contribution >= 4 is 51.6 Å². The van der Waals surface area contributed by atoms with E-state index in [1.807, 2.05) is 0 Å². The van der Waals surface area contributed by atoms with Crippen LogP contribution in [0.15, 0.2) is 97.1 Å². The van der Waals surface area contributed by atoms with E-state index in [-0.39, 0.29) is 13.1 Å². The van der Waals surface area contributed by atoms with Gasteiger partial charge in [0.15, 0.2) is 0 Å². The van der Waals surface area contributed by atoms with Crippen molar-refractivity contribution in [2.24, 2.45) is 0 Å². The number of para-hydroxylation sites is 3. The third-order valence-corrected chi connectivity index (χ3v) is 4.65. The van der Waals surface area contributed by atoms with Crippen molar-refractivity contribution in [3.05, 3.63) is 133 Å². The van der Waals surface area contributed by atoms with E-state index in [0.29, 0.717) is 10.7 Å². The third kappa shape index (κ3) is 9.96. The normalized spacial score (nSPS) is 9.31. The molecule has 4 aromatic rings. The summed E-state index contributed by atoms with van der Waals surface area (Å²) in [5.74, 6) is -0.799. The molecule has 0 atom stereocenters. The number of nitro groups is 2. The Balaban J connectivity index is 0.000000291. The van der Waals surface area contributed by atoms with E-state index in [2.05, 4.69) is 5.32 Å². The molecule has 0 bridgehead atoms. The van der Waals surface area contributed by atoms with Gasteiger partial charge in [-0.05, 0) is 60.7 Å². The van der Waals surface area contributed by atoms with E-state index in [4.69, 9.17) is 28.9 Å². The molecule has 36 heavy (non-hydrogen) atoms. The molecule has 0 saturated carbocycles. The van der Waals surface area contributed by atoms with Crippen LogP contribution >= 0.6 is 23.2 Å². The second-order valence-corrected chi connectivity index (χ2v) is 7.54. The first-order valence-electron chi connectivity index (χ1n) is 9.83. The maximum absolute atomic E-state index is 12.4. The van der Waals surface area contributed by atoms with Crippen LogP contribution in [0.3, 0.4) is 0 Å². The topological polar surface area (TPSA) is 124 Å². The van der Waals surface area contributed by atoms with Crippen molar-refractivity contribution in [2.45, 2.75) is 7.43 Å². The molecule has 0 aliphatic heterocycles. The lowest BCUT2D eigenvalue weighted by molar-refractivity contribution is -0.387. The molecule has 0 radical (unpaired) electrons. The van der Waals surface area contributed by atoms with Crippen molar-refractivity contribution in [3.8, 4) is 0 Å². The highest BCUT2D eigenvalue weighted by molar-refractivity contribution is 6.30. The first-order valence-corrected chi connectivity index (χ1v) is 10.6. The Kier molecular flexibility index (Phi) is 12.4. The minimum absolute atomic E-state index is 0. The van der Waals surface area contributed by atoms with E-state index in [9.17, 15) is 24.6 Å². The van der Waals surface area contributed by atoms with Crippen LogP contribution in [0.4, 0.5) is 32.8 Å². The highest BCUT2D eigenvalue weighted by Gasteiger charge is 2.12. The summed E-state index contributed by atoms with van der Waals surface area (Å²) in [6.07, 6.45) is 0. The van der Waals surface area contributed by atoms with Crippen LogP contribution in [-0.2, 0) is 0 Å². The highest BCUT2D eigenvalue weighted by Crippen LogP contribution is 2.27. The Bertz CT molecular complexity index is 1250. The maximum atomic E-state index is 12.4. The molecule has 0 aliphatic rings. The number of nitrogens with two attached hydrogens (primary N) is 1. The summed E-state index contributed by atoms with van der Waals surface area (Å²) in [7, 11) is 0. The van der Waals surface area contributed by atoms with E-state index in [1.165, 1.54) is 18.2 Å². The van der Waals surface area contributed by atoms with Crippen LogP contribution in [0.5, 0.6) is 0 Å². The van der Waals surface area contributed by atoms with E-state index >= 15 is 0 Å². The lowest BCUT2D eigenvalue weighted by Crippen LogP contribution is -1.96. The summed E-state index contributed by atoms with van der Waals surface area (Å²) >= 11 is 11.3. The van der Waals surface area contributed by atoms with Gasteiger partial charge in [-0.25, -0.2) is 0 Å². The molecule has 3 N–H and O–H groups in total. The summed E-state index contributed by atoms with van der Waals surface area (Å²) in [6, 6.07) is 25.5. The molecule has 4 aromatic carbocycles. The molecule has 0 aliphatic carbocycles. The van der Waals surface area contributed by atoms with Gasteiger partial charge in [-0.3, -0.25) is 20.2 Å². The van der Waals surface area contributed by atoms with Crippen molar-refractivity contribution in [1.29, 1.82) is 0 Å². The van der Waals surface area contributed by atoms with Crippen molar-refractivity contribution in [2.75, 3.05) is 11.1 Å². The predicted molar refractivity (Wildman–Crippen MR) is 143 cm³/mol. The lowest BCUT2D eigenvalue weighted by Gasteiger charge is -2.06. The zero-order valence-electron chi connectivity index (χ0n) is 18.0. The van der Waals surface area contributed by atoms with Gasteiger partial charge >= 0.3 is 5.69 Å². The molecule has 0 unspecified atom stereocenters. The van der Waals surface area contributed by atoms with E-state index in [1.54, 1.807) is 66.7 Å². The monoisotopic (exact) mass is 532 g/mol. The average Bonchev–Trinajstić information content (AvgIpc) is 2.84. The molecule has 0 amide bonds. The number of nitro benzene ring substituents is 2. The number of benzene rings is 4. The first kappa shape index (κ1) is 29.8. The first-order chi connectivity index (χ1) is 16.7. The Labute approximate surface area is 217 Å². The van der Waals surface area contributed by atoms with Gasteiger partial charge < -0.3 is 11.1 Å². The molecule has 0 heterocycles. The zero-order chi connectivity index (χ0) is 25.8. The van der Waals surface area contributed by atoms with Gasteiger partial charge in [0, 0.05) is 33.6 Å². The second kappa shape index (κ2) is 14.9. The smallest absolute Gasteiger partial charge is 0.304 e. The van der Waals surface area contributed by atoms with Gasteiger partial charge in [0.1, 0.15) is 5.69 Å². The van der Waals surface area contributed by atoms with Gasteiger partial charge in [-0.1, -0.05) is 54.9 Å². The molecule has 0 aromatic heterocycles. The maximum Gasteiger partial charge on any atom is 0.304 e. The van der Waals surface area contributed by atoms with Crippen LogP contribution in [0.2, 0.25) is 10.0 Å². The SMILES string of the molecule is C.Nc1ccc(Cl)cc1.O=[N+]([O-])c1ccccc1F.O=[N+]([O-])c1ccccc1Nc1ccc(Cl)cc1. The second-order valence-electron chi connectivity index (χ2n) is 6.67. The van der Waals surface area contributed by atoms with Gasteiger partial charge in [-0.15, -0.1) is 0 Å². The van der Waals surface area contributed by atoms with Gasteiger partial charge in [0.05, 0.1) is 9.85 Å². The minimum atomic E-state index is -0.799. The number of hydrogen-bond donors (Lipinski definition) is 2. The third-order valence-electron chi connectivity index (χ3n) is 4.14. The molecule has 4 rings (SSSR count). The van der Waals surface area contributed by atoms with Crippen LogP contribution in [-0.4, -0.2) is 9.85 Å². The Morgan fingerprint density at radius 3 is 1.58 bits per heavy atom. The number of anilines is 3. The van der Waals surface area contributed by atoms with Gasteiger partial charge in [0.2, 0.25) is 5.82 Å². The standard InChI is InChI=1S/C12H9ClN2O2.C6H6ClN.C6H4FNO2.CH4/c13-9-5-7-10(8-6-9)14-11-3-1-2-4-12(11)15(16)17;7-5-1-3-6(8)4-2-5;7-5-3-1-2-4-6(5)8(9)10;/h1-8,14H;1-4H,8H2;1-4H;1H4. The van der Waals surface area contributed by atoms with Crippen LogP contribution in [0.25, 0.3) is 0 Å². The summed E-state index contributed by atoms with van der Waals surface area (Å²) in [5.41, 5.74) is 6.88. The van der Waals surface area contributed by atoms with E-state index in [0.717, 1.165) is 28.5 Å². The average molecular weight is 533 g/mol. The Morgan fingerprint density at radius 1 is 0.694 bits per heavy atom.